The van der Waals surface area contributed by atoms with Gasteiger partial charge in [-0.15, -0.1) is 0 Å². The van der Waals surface area contributed by atoms with Gasteiger partial charge in [0.25, 0.3) is 0 Å². The molecule has 0 saturated carbocycles. The van der Waals surface area contributed by atoms with Gasteiger partial charge in [0.15, 0.2) is 0 Å². The minimum absolute atomic E-state index is 0.0775. The summed E-state index contributed by atoms with van der Waals surface area (Å²) in [5.74, 6) is 0. The lowest BCUT2D eigenvalue weighted by atomic mass is 10.1. The molecule has 3 rings (SSSR count). The molecule has 0 N–H and O–H groups in total. The van der Waals surface area contributed by atoms with Crippen LogP contribution in [0.15, 0.2) is 12.4 Å². The molecule has 8 heteroatoms. The third kappa shape index (κ3) is 6.02. The van der Waals surface area contributed by atoms with Crippen LogP contribution in [0.5, 0.6) is 0 Å². The largest absolute Gasteiger partial charge is 0.302 e. The van der Waals surface area contributed by atoms with Gasteiger partial charge in [-0.1, -0.05) is 6.42 Å². The first-order chi connectivity index (χ1) is 13.3. The Labute approximate surface area is 170 Å². The Bertz CT molecular complexity index is 712. The molecule has 2 aliphatic heterocycles. The van der Waals surface area contributed by atoms with Gasteiger partial charge in [0.2, 0.25) is 10.0 Å². The highest BCUT2D eigenvalue weighted by Crippen LogP contribution is 2.21. The molecule has 2 saturated heterocycles. The van der Waals surface area contributed by atoms with Gasteiger partial charge < -0.3 is 4.90 Å². The Morgan fingerprint density at radius 1 is 1.14 bits per heavy atom. The van der Waals surface area contributed by atoms with Crippen LogP contribution < -0.4 is 0 Å². The number of rotatable bonds is 8. The third-order valence-electron chi connectivity index (χ3n) is 5.99. The maximum absolute atomic E-state index is 12.5. The summed E-state index contributed by atoms with van der Waals surface area (Å²) in [4.78, 5) is 4.80. The van der Waals surface area contributed by atoms with Crippen molar-refractivity contribution in [3.05, 3.63) is 18.0 Å². The number of likely N-dealkylation sites (tertiary alicyclic amines) is 2. The molecule has 2 fully saturated rings. The molecule has 1 unspecified atom stereocenters. The minimum Gasteiger partial charge on any atom is -0.302 e. The number of hydrogen-bond acceptors (Lipinski definition) is 5. The van der Waals surface area contributed by atoms with E-state index in [1.807, 2.05) is 10.9 Å². The molecule has 1 aromatic heterocycles. The van der Waals surface area contributed by atoms with E-state index in [0.29, 0.717) is 12.6 Å². The first-order valence-electron chi connectivity index (χ1n) is 10.8. The Morgan fingerprint density at radius 2 is 1.86 bits per heavy atom. The van der Waals surface area contributed by atoms with Crippen LogP contribution in [0.1, 0.15) is 57.6 Å². The Morgan fingerprint density at radius 3 is 2.50 bits per heavy atom. The predicted molar refractivity (Wildman–Crippen MR) is 113 cm³/mol. The molecule has 0 amide bonds. The summed E-state index contributed by atoms with van der Waals surface area (Å²) in [5, 5.41) is 4.43. The SMILES string of the molecule is CC(C)n1cc(CN2CCCC(N(CCN3CCCCC3)S(C)(=O)=O)C2)cn1. The van der Waals surface area contributed by atoms with Crippen LogP contribution >= 0.6 is 0 Å². The lowest BCUT2D eigenvalue weighted by Crippen LogP contribution is -2.51. The molecule has 0 bridgehead atoms. The zero-order valence-corrected chi connectivity index (χ0v) is 18.6. The number of sulfonamides is 1. The van der Waals surface area contributed by atoms with E-state index in [4.69, 9.17) is 0 Å². The van der Waals surface area contributed by atoms with Gasteiger partial charge in [-0.05, 0) is 59.2 Å². The Kier molecular flexibility index (Phi) is 7.53. The maximum atomic E-state index is 12.5. The molecule has 7 nitrogen and oxygen atoms in total. The summed E-state index contributed by atoms with van der Waals surface area (Å²) < 4.78 is 28.8. The lowest BCUT2D eigenvalue weighted by Gasteiger charge is -2.39. The fourth-order valence-corrected chi connectivity index (χ4v) is 5.58. The molecule has 0 radical (unpaired) electrons. The second kappa shape index (κ2) is 9.69. The summed E-state index contributed by atoms with van der Waals surface area (Å²) in [7, 11) is -3.21. The second-order valence-corrected chi connectivity index (χ2v) is 10.7. The van der Waals surface area contributed by atoms with E-state index in [1.54, 1.807) is 4.31 Å². The highest BCUT2D eigenvalue weighted by molar-refractivity contribution is 7.88. The van der Waals surface area contributed by atoms with Gasteiger partial charge in [0, 0.05) is 50.0 Å². The van der Waals surface area contributed by atoms with E-state index >= 15 is 0 Å². The molecule has 0 spiro atoms. The van der Waals surface area contributed by atoms with Crippen molar-refractivity contribution in [1.29, 1.82) is 0 Å². The number of nitrogens with zero attached hydrogens (tertiary/aromatic N) is 5. The van der Waals surface area contributed by atoms with Crippen LogP contribution in [-0.4, -0.2) is 83.9 Å². The van der Waals surface area contributed by atoms with Crippen LogP contribution in [-0.2, 0) is 16.6 Å². The van der Waals surface area contributed by atoms with Crippen molar-refractivity contribution in [2.45, 2.75) is 64.6 Å². The smallest absolute Gasteiger partial charge is 0.211 e. The van der Waals surface area contributed by atoms with Gasteiger partial charge in [-0.2, -0.15) is 9.40 Å². The van der Waals surface area contributed by atoms with Gasteiger partial charge in [-0.25, -0.2) is 8.42 Å². The average molecular weight is 412 g/mol. The molecule has 1 aromatic rings. The zero-order chi connectivity index (χ0) is 20.1. The molecular formula is C20H37N5O2S. The Hall–Kier alpha value is -0.960. The number of piperidine rings is 2. The molecule has 1 atom stereocenters. The molecule has 0 aliphatic carbocycles. The molecule has 28 heavy (non-hydrogen) atoms. The standard InChI is InChI=1S/C20H37N5O2S/c1-18(2)24-16-19(14-21-24)15-23-11-7-8-20(17-23)25(28(3,26)27)13-12-22-9-5-4-6-10-22/h14,16,18,20H,4-13,15,17H2,1-3H3. The van der Waals surface area contributed by atoms with Gasteiger partial charge in [0.05, 0.1) is 12.5 Å². The summed E-state index contributed by atoms with van der Waals surface area (Å²) in [6.07, 6.45) is 11.2. The second-order valence-electron chi connectivity index (χ2n) is 8.73. The normalized spacial score (nSPS) is 23.0. The lowest BCUT2D eigenvalue weighted by molar-refractivity contribution is 0.130. The van der Waals surface area contributed by atoms with E-state index in [1.165, 1.54) is 31.1 Å². The topological polar surface area (TPSA) is 61.7 Å². The van der Waals surface area contributed by atoms with Crippen molar-refractivity contribution in [3.63, 3.8) is 0 Å². The maximum Gasteiger partial charge on any atom is 0.211 e. The van der Waals surface area contributed by atoms with E-state index in [0.717, 1.165) is 52.1 Å². The van der Waals surface area contributed by atoms with Gasteiger partial charge in [0.1, 0.15) is 0 Å². The fraction of sp³-hybridized carbons (Fsp3) is 0.850. The van der Waals surface area contributed by atoms with Crippen molar-refractivity contribution in [2.75, 3.05) is 45.5 Å². The van der Waals surface area contributed by atoms with E-state index < -0.39 is 10.0 Å². The average Bonchev–Trinajstić information content (AvgIpc) is 3.11. The van der Waals surface area contributed by atoms with Crippen molar-refractivity contribution < 1.29 is 8.42 Å². The zero-order valence-electron chi connectivity index (χ0n) is 17.8. The Balaban J connectivity index is 1.59. The van der Waals surface area contributed by atoms with Crippen molar-refractivity contribution in [1.82, 2.24) is 23.9 Å². The van der Waals surface area contributed by atoms with Crippen LogP contribution in [0.25, 0.3) is 0 Å². The van der Waals surface area contributed by atoms with Gasteiger partial charge >= 0.3 is 0 Å². The van der Waals surface area contributed by atoms with Gasteiger partial charge in [-0.3, -0.25) is 9.58 Å². The molecular weight excluding hydrogens is 374 g/mol. The molecule has 160 valence electrons. The third-order valence-corrected chi connectivity index (χ3v) is 7.32. The predicted octanol–water partition coefficient (Wildman–Crippen LogP) is 2.18. The first kappa shape index (κ1) is 21.7. The van der Waals surface area contributed by atoms with Crippen molar-refractivity contribution in [3.8, 4) is 0 Å². The van der Waals surface area contributed by atoms with Crippen molar-refractivity contribution >= 4 is 10.0 Å². The highest BCUT2D eigenvalue weighted by Gasteiger charge is 2.31. The monoisotopic (exact) mass is 411 g/mol. The van der Waals surface area contributed by atoms with Crippen LogP contribution in [0, 0.1) is 0 Å². The van der Waals surface area contributed by atoms with Crippen LogP contribution in [0.2, 0.25) is 0 Å². The molecule has 0 aromatic carbocycles. The summed E-state index contributed by atoms with van der Waals surface area (Å²) >= 11 is 0. The fourth-order valence-electron chi connectivity index (χ4n) is 4.45. The van der Waals surface area contributed by atoms with E-state index in [-0.39, 0.29) is 6.04 Å². The van der Waals surface area contributed by atoms with E-state index in [2.05, 4.69) is 34.9 Å². The highest BCUT2D eigenvalue weighted by atomic mass is 32.2. The van der Waals surface area contributed by atoms with Crippen LogP contribution in [0.3, 0.4) is 0 Å². The quantitative estimate of drug-likeness (QED) is 0.656. The van der Waals surface area contributed by atoms with E-state index in [9.17, 15) is 8.42 Å². The molecule has 3 heterocycles. The van der Waals surface area contributed by atoms with Crippen molar-refractivity contribution in [2.24, 2.45) is 0 Å². The number of hydrogen-bond donors (Lipinski definition) is 0. The summed E-state index contributed by atoms with van der Waals surface area (Å²) in [6.45, 7) is 10.6. The summed E-state index contributed by atoms with van der Waals surface area (Å²) in [5.41, 5.74) is 1.20. The molecule has 2 aliphatic rings. The minimum atomic E-state index is -3.21. The summed E-state index contributed by atoms with van der Waals surface area (Å²) in [6, 6.07) is 0.437. The number of aromatic nitrogens is 2. The first-order valence-corrected chi connectivity index (χ1v) is 12.6. The van der Waals surface area contributed by atoms with Crippen LogP contribution in [0.4, 0.5) is 0 Å².